The third kappa shape index (κ3) is 4.27. The largest absolute Gasteiger partial charge is 0.490 e. The van der Waals surface area contributed by atoms with E-state index in [0.717, 1.165) is 0 Å². The first kappa shape index (κ1) is 15.5. The molecule has 0 heterocycles. The van der Waals surface area contributed by atoms with Crippen molar-refractivity contribution < 1.29 is 9.66 Å². The van der Waals surface area contributed by atoms with Crippen LogP contribution in [0, 0.1) is 26.9 Å². The molecule has 1 aromatic rings. The number of nitriles is 1. The average molecular weight is 303 g/mol. The van der Waals surface area contributed by atoms with Gasteiger partial charge in [-0.05, 0) is 20.3 Å². The molecule has 5 nitrogen and oxygen atoms in total. The Morgan fingerprint density at radius 2 is 1.95 bits per heavy atom. The number of rotatable bonds is 5. The second-order valence-electron chi connectivity index (χ2n) is 4.59. The van der Waals surface area contributed by atoms with E-state index in [1.165, 1.54) is 12.1 Å². The molecular formula is C12H12Cl2N2O3. The second-order valence-corrected chi connectivity index (χ2v) is 5.40. The summed E-state index contributed by atoms with van der Waals surface area (Å²) in [6.07, 6.45) is 0.493. The molecule has 0 atom stereocenters. The van der Waals surface area contributed by atoms with Crippen LogP contribution in [0.15, 0.2) is 12.1 Å². The molecule has 0 N–H and O–H groups in total. The third-order valence-corrected chi connectivity index (χ3v) is 3.03. The number of benzene rings is 1. The zero-order valence-electron chi connectivity index (χ0n) is 10.4. The summed E-state index contributed by atoms with van der Waals surface area (Å²) in [6, 6.07) is 4.50. The van der Waals surface area contributed by atoms with E-state index in [-0.39, 0.29) is 28.1 Å². The SMILES string of the molecule is CC(C)(C#N)CCOc1c(Cl)cc([N+](=O)[O-])cc1Cl. The van der Waals surface area contributed by atoms with Gasteiger partial charge in [0, 0.05) is 12.1 Å². The van der Waals surface area contributed by atoms with E-state index in [4.69, 9.17) is 33.2 Å². The molecule has 0 saturated carbocycles. The van der Waals surface area contributed by atoms with Crippen molar-refractivity contribution in [2.75, 3.05) is 6.61 Å². The van der Waals surface area contributed by atoms with Crippen molar-refractivity contribution in [3.63, 3.8) is 0 Å². The maximum Gasteiger partial charge on any atom is 0.272 e. The van der Waals surface area contributed by atoms with E-state index in [2.05, 4.69) is 6.07 Å². The molecular weight excluding hydrogens is 291 g/mol. The van der Waals surface area contributed by atoms with Gasteiger partial charge in [-0.25, -0.2) is 0 Å². The lowest BCUT2D eigenvalue weighted by Gasteiger charge is -2.16. The van der Waals surface area contributed by atoms with Gasteiger partial charge in [-0.3, -0.25) is 10.1 Å². The molecule has 0 amide bonds. The number of hydrogen-bond donors (Lipinski definition) is 0. The van der Waals surface area contributed by atoms with Crippen molar-refractivity contribution >= 4 is 28.9 Å². The number of nitrogens with zero attached hydrogens (tertiary/aromatic N) is 2. The van der Waals surface area contributed by atoms with E-state index in [0.29, 0.717) is 6.42 Å². The molecule has 19 heavy (non-hydrogen) atoms. The predicted octanol–water partition coefficient (Wildman–Crippen LogP) is 4.22. The summed E-state index contributed by atoms with van der Waals surface area (Å²) in [7, 11) is 0. The monoisotopic (exact) mass is 302 g/mol. The fourth-order valence-electron chi connectivity index (χ4n) is 1.25. The lowest BCUT2D eigenvalue weighted by Crippen LogP contribution is -2.13. The van der Waals surface area contributed by atoms with Gasteiger partial charge >= 0.3 is 0 Å². The first-order valence-electron chi connectivity index (χ1n) is 5.44. The smallest absolute Gasteiger partial charge is 0.272 e. The van der Waals surface area contributed by atoms with Crippen LogP contribution in [0.1, 0.15) is 20.3 Å². The average Bonchev–Trinajstić information content (AvgIpc) is 2.32. The van der Waals surface area contributed by atoms with E-state index < -0.39 is 10.3 Å². The van der Waals surface area contributed by atoms with Crippen molar-refractivity contribution in [2.45, 2.75) is 20.3 Å². The highest BCUT2D eigenvalue weighted by atomic mass is 35.5. The summed E-state index contributed by atoms with van der Waals surface area (Å²) in [6.45, 7) is 3.82. The van der Waals surface area contributed by atoms with Gasteiger partial charge in [0.25, 0.3) is 5.69 Å². The minimum Gasteiger partial charge on any atom is -0.490 e. The van der Waals surface area contributed by atoms with Gasteiger partial charge in [0.1, 0.15) is 0 Å². The van der Waals surface area contributed by atoms with Gasteiger partial charge in [0.05, 0.1) is 33.1 Å². The maximum atomic E-state index is 10.6. The van der Waals surface area contributed by atoms with Crippen LogP contribution in [0.3, 0.4) is 0 Å². The van der Waals surface area contributed by atoms with E-state index in [1.54, 1.807) is 13.8 Å². The molecule has 0 fully saturated rings. The Labute approximate surface area is 120 Å². The topological polar surface area (TPSA) is 76.2 Å². The number of halogens is 2. The Kier molecular flexibility index (Phi) is 4.98. The third-order valence-electron chi connectivity index (χ3n) is 2.47. The van der Waals surface area contributed by atoms with Crippen molar-refractivity contribution in [3.8, 4) is 11.8 Å². The summed E-state index contributed by atoms with van der Waals surface area (Å²) in [5, 5.41) is 19.6. The maximum absolute atomic E-state index is 10.6. The molecule has 0 unspecified atom stereocenters. The fraction of sp³-hybridized carbons (Fsp3) is 0.417. The molecule has 0 aromatic heterocycles. The number of ether oxygens (including phenoxy) is 1. The molecule has 1 rings (SSSR count). The van der Waals surface area contributed by atoms with Crippen molar-refractivity contribution in [1.29, 1.82) is 5.26 Å². The Balaban J connectivity index is 2.81. The summed E-state index contributed by atoms with van der Waals surface area (Å²) >= 11 is 11.8. The molecule has 0 bridgehead atoms. The molecule has 1 aromatic carbocycles. The first-order valence-corrected chi connectivity index (χ1v) is 6.20. The van der Waals surface area contributed by atoms with Crippen LogP contribution < -0.4 is 4.74 Å². The van der Waals surface area contributed by atoms with Crippen LogP contribution in [0.4, 0.5) is 5.69 Å². The number of hydrogen-bond acceptors (Lipinski definition) is 4. The lowest BCUT2D eigenvalue weighted by atomic mass is 9.92. The van der Waals surface area contributed by atoms with Crippen LogP contribution in [0.25, 0.3) is 0 Å². The molecule has 0 aliphatic heterocycles. The van der Waals surface area contributed by atoms with E-state index in [1.807, 2.05) is 0 Å². The molecule has 0 aliphatic carbocycles. The summed E-state index contributed by atoms with van der Waals surface area (Å²) < 4.78 is 5.40. The first-order chi connectivity index (χ1) is 8.76. The van der Waals surface area contributed by atoms with Crippen molar-refractivity contribution in [1.82, 2.24) is 0 Å². The summed E-state index contributed by atoms with van der Waals surface area (Å²) in [5.74, 6) is 0.197. The van der Waals surface area contributed by atoms with Gasteiger partial charge in [0.2, 0.25) is 0 Å². The zero-order valence-corrected chi connectivity index (χ0v) is 12.0. The van der Waals surface area contributed by atoms with Crippen molar-refractivity contribution in [2.24, 2.45) is 5.41 Å². The van der Waals surface area contributed by atoms with Gasteiger partial charge < -0.3 is 4.74 Å². The zero-order chi connectivity index (χ0) is 14.6. The van der Waals surface area contributed by atoms with Gasteiger partial charge in [-0.1, -0.05) is 23.2 Å². The highest BCUT2D eigenvalue weighted by Crippen LogP contribution is 2.37. The fourth-order valence-corrected chi connectivity index (χ4v) is 1.84. The predicted molar refractivity (Wildman–Crippen MR) is 72.6 cm³/mol. The van der Waals surface area contributed by atoms with Crippen LogP contribution >= 0.6 is 23.2 Å². The van der Waals surface area contributed by atoms with Gasteiger partial charge in [0.15, 0.2) is 5.75 Å². The standard InChI is InChI=1S/C12H12Cl2N2O3/c1-12(2,7-15)3-4-19-11-9(13)5-8(16(17)18)6-10(11)14/h5-6H,3-4H2,1-2H3. The van der Waals surface area contributed by atoms with Crippen LogP contribution in [0.5, 0.6) is 5.75 Å². The summed E-state index contributed by atoms with van der Waals surface area (Å²) in [5.41, 5.74) is -0.709. The van der Waals surface area contributed by atoms with Gasteiger partial charge in [-0.15, -0.1) is 0 Å². The minimum atomic E-state index is -0.583. The molecule has 102 valence electrons. The molecule has 0 aliphatic rings. The lowest BCUT2D eigenvalue weighted by molar-refractivity contribution is -0.384. The number of nitro groups is 1. The molecule has 0 radical (unpaired) electrons. The Hall–Kier alpha value is -1.51. The Bertz CT molecular complexity index is 515. The normalized spacial score (nSPS) is 10.9. The number of nitro benzene ring substituents is 1. The van der Waals surface area contributed by atoms with E-state index in [9.17, 15) is 10.1 Å². The van der Waals surface area contributed by atoms with Crippen LogP contribution in [-0.4, -0.2) is 11.5 Å². The quantitative estimate of drug-likeness (QED) is 0.602. The molecule has 0 saturated heterocycles. The second kappa shape index (κ2) is 6.09. The molecule has 0 spiro atoms. The van der Waals surface area contributed by atoms with E-state index >= 15 is 0 Å². The van der Waals surface area contributed by atoms with Crippen molar-refractivity contribution in [3.05, 3.63) is 32.3 Å². The highest BCUT2D eigenvalue weighted by molar-refractivity contribution is 6.37. The Morgan fingerprint density at radius 1 is 1.42 bits per heavy atom. The minimum absolute atomic E-state index is 0.0777. The number of non-ortho nitro benzene ring substituents is 1. The van der Waals surface area contributed by atoms with Crippen LogP contribution in [0.2, 0.25) is 10.0 Å². The van der Waals surface area contributed by atoms with Crippen LogP contribution in [-0.2, 0) is 0 Å². The highest BCUT2D eigenvalue weighted by Gasteiger charge is 2.19. The summed E-state index contributed by atoms with van der Waals surface area (Å²) in [4.78, 5) is 10.0. The molecule has 7 heteroatoms. The Morgan fingerprint density at radius 3 is 2.37 bits per heavy atom. The van der Waals surface area contributed by atoms with Gasteiger partial charge in [-0.2, -0.15) is 5.26 Å².